The minimum Gasteiger partial charge on any atom is -0.489 e. The average Bonchev–Trinajstić information content (AvgIpc) is 2.60. The molecule has 0 unspecified atom stereocenters. The number of rotatable bonds is 6. The van der Waals surface area contributed by atoms with E-state index in [2.05, 4.69) is 60.8 Å². The normalized spacial score (nSPS) is 15.5. The molecule has 0 aromatic heterocycles. The van der Waals surface area contributed by atoms with Crippen LogP contribution in [0.15, 0.2) is 48.5 Å². The maximum atomic E-state index is 6.08. The molecule has 0 bridgehead atoms. The molecule has 122 valence electrons. The van der Waals surface area contributed by atoms with Crippen LogP contribution in [0, 0.1) is 6.92 Å². The third kappa shape index (κ3) is 4.84. The zero-order valence-electron chi connectivity index (χ0n) is 14.1. The number of benzene rings is 2. The highest BCUT2D eigenvalue weighted by Crippen LogP contribution is 2.22. The van der Waals surface area contributed by atoms with Gasteiger partial charge in [0.1, 0.15) is 12.4 Å². The third-order valence-electron chi connectivity index (χ3n) is 4.64. The molecular formula is C21H27NO. The van der Waals surface area contributed by atoms with Crippen LogP contribution in [0.5, 0.6) is 5.75 Å². The molecule has 0 aliphatic heterocycles. The smallest absolute Gasteiger partial charge is 0.124 e. The molecule has 0 spiro atoms. The topological polar surface area (TPSA) is 21.3 Å². The van der Waals surface area contributed by atoms with Gasteiger partial charge in [0.2, 0.25) is 0 Å². The van der Waals surface area contributed by atoms with Crippen molar-refractivity contribution in [2.45, 2.75) is 58.2 Å². The summed E-state index contributed by atoms with van der Waals surface area (Å²) in [7, 11) is 0. The zero-order valence-corrected chi connectivity index (χ0v) is 14.1. The average molecular weight is 309 g/mol. The fourth-order valence-electron chi connectivity index (χ4n) is 3.31. The lowest BCUT2D eigenvalue weighted by atomic mass is 9.95. The van der Waals surface area contributed by atoms with E-state index in [4.69, 9.17) is 4.74 Å². The van der Waals surface area contributed by atoms with Gasteiger partial charge in [-0.2, -0.15) is 0 Å². The molecule has 2 nitrogen and oxygen atoms in total. The summed E-state index contributed by atoms with van der Waals surface area (Å²) in [5, 5.41) is 3.71. The predicted molar refractivity (Wildman–Crippen MR) is 95.7 cm³/mol. The van der Waals surface area contributed by atoms with Crippen LogP contribution in [0.1, 0.15) is 48.8 Å². The van der Waals surface area contributed by atoms with Gasteiger partial charge >= 0.3 is 0 Å². The molecule has 2 aromatic carbocycles. The first-order chi connectivity index (χ1) is 11.3. The molecule has 2 heteroatoms. The molecule has 1 aliphatic rings. The Hall–Kier alpha value is -1.80. The van der Waals surface area contributed by atoms with E-state index in [0.29, 0.717) is 12.6 Å². The monoisotopic (exact) mass is 309 g/mol. The van der Waals surface area contributed by atoms with E-state index in [9.17, 15) is 0 Å². The lowest BCUT2D eigenvalue weighted by molar-refractivity contribution is 0.299. The van der Waals surface area contributed by atoms with Crippen LogP contribution < -0.4 is 10.1 Å². The minimum atomic E-state index is 0.627. The summed E-state index contributed by atoms with van der Waals surface area (Å²) < 4.78 is 6.08. The Morgan fingerprint density at radius 1 is 1.00 bits per heavy atom. The maximum Gasteiger partial charge on any atom is 0.124 e. The zero-order chi connectivity index (χ0) is 15.9. The minimum absolute atomic E-state index is 0.627. The second-order valence-corrected chi connectivity index (χ2v) is 6.60. The molecule has 0 saturated heterocycles. The first kappa shape index (κ1) is 16.1. The number of aryl methyl sites for hydroxylation is 1. The van der Waals surface area contributed by atoms with Gasteiger partial charge in [-0.3, -0.25) is 0 Å². The van der Waals surface area contributed by atoms with Gasteiger partial charge in [0.05, 0.1) is 0 Å². The van der Waals surface area contributed by atoms with E-state index in [1.165, 1.54) is 48.8 Å². The number of nitrogens with one attached hydrogen (secondary N) is 1. The number of hydrogen-bond donors (Lipinski definition) is 1. The Morgan fingerprint density at radius 2 is 1.83 bits per heavy atom. The van der Waals surface area contributed by atoms with Crippen LogP contribution in [-0.2, 0) is 13.2 Å². The van der Waals surface area contributed by atoms with Crippen LogP contribution in [-0.4, -0.2) is 6.04 Å². The standard InChI is InChI=1S/C21H27NO/c1-17-8-7-9-18(14-17)16-23-21-13-6-5-10-19(21)15-22-20-11-3-2-4-12-20/h5-10,13-14,20,22H,2-4,11-12,15-16H2,1H3. The van der Waals surface area contributed by atoms with Crippen molar-refractivity contribution in [1.29, 1.82) is 0 Å². The van der Waals surface area contributed by atoms with E-state index in [1.807, 2.05) is 0 Å². The Labute approximate surface area is 139 Å². The molecule has 0 radical (unpaired) electrons. The second-order valence-electron chi connectivity index (χ2n) is 6.60. The number of para-hydroxylation sites is 1. The molecule has 1 saturated carbocycles. The lowest BCUT2D eigenvalue weighted by Gasteiger charge is -2.23. The van der Waals surface area contributed by atoms with Crippen molar-refractivity contribution in [3.63, 3.8) is 0 Å². The summed E-state index contributed by atoms with van der Waals surface area (Å²) in [6, 6.07) is 17.6. The Morgan fingerprint density at radius 3 is 2.65 bits per heavy atom. The summed E-state index contributed by atoms with van der Waals surface area (Å²) in [6.07, 6.45) is 6.75. The predicted octanol–water partition coefficient (Wildman–Crippen LogP) is 5.00. The third-order valence-corrected chi connectivity index (χ3v) is 4.64. The molecule has 2 aromatic rings. The summed E-state index contributed by atoms with van der Waals surface area (Å²) in [4.78, 5) is 0. The first-order valence-electron chi connectivity index (χ1n) is 8.81. The largest absolute Gasteiger partial charge is 0.489 e. The highest BCUT2D eigenvalue weighted by atomic mass is 16.5. The molecule has 1 fully saturated rings. The van der Waals surface area contributed by atoms with E-state index in [0.717, 1.165) is 12.3 Å². The first-order valence-corrected chi connectivity index (χ1v) is 8.81. The Balaban J connectivity index is 1.58. The highest BCUT2D eigenvalue weighted by Gasteiger charge is 2.13. The van der Waals surface area contributed by atoms with Gasteiger partial charge in [-0.15, -0.1) is 0 Å². The lowest BCUT2D eigenvalue weighted by Crippen LogP contribution is -2.30. The van der Waals surface area contributed by atoms with Crippen molar-refractivity contribution < 1.29 is 4.74 Å². The van der Waals surface area contributed by atoms with Crippen LogP contribution >= 0.6 is 0 Å². The maximum absolute atomic E-state index is 6.08. The van der Waals surface area contributed by atoms with Crippen molar-refractivity contribution in [3.05, 3.63) is 65.2 Å². The molecule has 3 rings (SSSR count). The van der Waals surface area contributed by atoms with Crippen LogP contribution in [0.4, 0.5) is 0 Å². The summed E-state index contributed by atoms with van der Waals surface area (Å²) >= 11 is 0. The fourth-order valence-corrected chi connectivity index (χ4v) is 3.31. The second kappa shape index (κ2) is 8.16. The number of ether oxygens (including phenoxy) is 1. The van der Waals surface area contributed by atoms with E-state index in [1.54, 1.807) is 0 Å². The van der Waals surface area contributed by atoms with Crippen LogP contribution in [0.2, 0.25) is 0 Å². The molecule has 23 heavy (non-hydrogen) atoms. The highest BCUT2D eigenvalue weighted by molar-refractivity contribution is 5.33. The quantitative estimate of drug-likeness (QED) is 0.811. The SMILES string of the molecule is Cc1cccc(COc2ccccc2CNC2CCCCC2)c1. The van der Waals surface area contributed by atoms with Gasteiger partial charge in [-0.05, 0) is 31.4 Å². The van der Waals surface area contributed by atoms with Gasteiger partial charge < -0.3 is 10.1 Å². The molecule has 1 N–H and O–H groups in total. The summed E-state index contributed by atoms with van der Waals surface area (Å²) in [5.41, 5.74) is 3.75. The van der Waals surface area contributed by atoms with Crippen molar-refractivity contribution >= 4 is 0 Å². The van der Waals surface area contributed by atoms with Gasteiger partial charge in [0.15, 0.2) is 0 Å². The van der Waals surface area contributed by atoms with Gasteiger partial charge in [0.25, 0.3) is 0 Å². The van der Waals surface area contributed by atoms with Crippen LogP contribution in [0.3, 0.4) is 0 Å². The number of hydrogen-bond acceptors (Lipinski definition) is 2. The van der Waals surface area contributed by atoms with Crippen molar-refractivity contribution in [3.8, 4) is 5.75 Å². The molecule has 0 atom stereocenters. The van der Waals surface area contributed by atoms with Crippen molar-refractivity contribution in [1.82, 2.24) is 5.32 Å². The van der Waals surface area contributed by atoms with Gasteiger partial charge in [-0.25, -0.2) is 0 Å². The Kier molecular flexibility index (Phi) is 5.71. The van der Waals surface area contributed by atoms with E-state index in [-0.39, 0.29) is 0 Å². The van der Waals surface area contributed by atoms with Gasteiger partial charge in [0, 0.05) is 18.2 Å². The molecular weight excluding hydrogens is 282 g/mol. The molecule has 1 aliphatic carbocycles. The molecule has 0 amide bonds. The van der Waals surface area contributed by atoms with E-state index < -0.39 is 0 Å². The van der Waals surface area contributed by atoms with Crippen LogP contribution in [0.25, 0.3) is 0 Å². The summed E-state index contributed by atoms with van der Waals surface area (Å²) in [6.45, 7) is 3.64. The Bertz CT molecular complexity index is 617. The summed E-state index contributed by atoms with van der Waals surface area (Å²) in [5.74, 6) is 0.998. The van der Waals surface area contributed by atoms with E-state index >= 15 is 0 Å². The van der Waals surface area contributed by atoms with Crippen molar-refractivity contribution in [2.24, 2.45) is 0 Å². The van der Waals surface area contributed by atoms with Gasteiger partial charge in [-0.1, -0.05) is 67.3 Å². The van der Waals surface area contributed by atoms with Crippen molar-refractivity contribution in [2.75, 3.05) is 0 Å². The molecule has 0 heterocycles. The fraction of sp³-hybridized carbons (Fsp3) is 0.429.